The van der Waals surface area contributed by atoms with Gasteiger partial charge in [0, 0.05) is 6.42 Å². The minimum atomic E-state index is -1.17. The first kappa shape index (κ1) is 25.7. The van der Waals surface area contributed by atoms with Crippen molar-refractivity contribution in [2.45, 2.75) is 65.0 Å². The van der Waals surface area contributed by atoms with Crippen LogP contribution in [0.1, 0.15) is 53.4 Å². The number of anilines is 2. The number of carboxylic acids is 1. The van der Waals surface area contributed by atoms with Gasteiger partial charge in [0.2, 0.25) is 5.91 Å². The molecule has 0 aliphatic heterocycles. The van der Waals surface area contributed by atoms with Gasteiger partial charge < -0.3 is 25.2 Å². The van der Waals surface area contributed by atoms with Gasteiger partial charge in [-0.05, 0) is 52.7 Å². The van der Waals surface area contributed by atoms with Gasteiger partial charge in [-0.25, -0.2) is 14.4 Å². The van der Waals surface area contributed by atoms with Crippen molar-refractivity contribution < 1.29 is 33.8 Å². The highest BCUT2D eigenvalue weighted by Crippen LogP contribution is 2.22. The third kappa shape index (κ3) is 10.9. The number of carbonyl (C=O) groups excluding carboxylic acids is 3. The van der Waals surface area contributed by atoms with Crippen molar-refractivity contribution in [3.63, 3.8) is 0 Å². The predicted molar refractivity (Wildman–Crippen MR) is 115 cm³/mol. The smallest absolute Gasteiger partial charge is 0.412 e. The number of alkyl carbamates (subject to hydrolysis) is 1. The second-order valence-electron chi connectivity index (χ2n) is 7.72. The number of amides is 3. The zero-order valence-corrected chi connectivity index (χ0v) is 18.3. The maximum atomic E-state index is 12.3. The average molecular weight is 437 g/mol. The second-order valence-corrected chi connectivity index (χ2v) is 7.72. The lowest BCUT2D eigenvalue weighted by Gasteiger charge is -2.20. The van der Waals surface area contributed by atoms with Crippen molar-refractivity contribution in [2.24, 2.45) is 0 Å². The summed E-state index contributed by atoms with van der Waals surface area (Å²) in [6.45, 7) is 7.00. The van der Waals surface area contributed by atoms with E-state index in [1.165, 1.54) is 0 Å². The zero-order chi connectivity index (χ0) is 23.4. The second kappa shape index (κ2) is 12.4. The molecule has 0 saturated heterocycles. The Balaban J connectivity index is 2.52. The molecule has 10 nitrogen and oxygen atoms in total. The predicted octanol–water partition coefficient (Wildman–Crippen LogP) is 3.73. The van der Waals surface area contributed by atoms with E-state index in [1.807, 2.05) is 0 Å². The van der Waals surface area contributed by atoms with Crippen molar-refractivity contribution in [3.8, 4) is 0 Å². The Bertz CT molecular complexity index is 774. The Kier molecular flexibility index (Phi) is 10.3. The molecule has 1 atom stereocenters. The lowest BCUT2D eigenvalue weighted by Crippen LogP contribution is -2.41. The molecule has 0 bridgehead atoms. The summed E-state index contributed by atoms with van der Waals surface area (Å²) in [5.74, 6) is -1.46. The van der Waals surface area contributed by atoms with E-state index in [0.717, 1.165) is 0 Å². The highest BCUT2D eigenvalue weighted by molar-refractivity contribution is 5.97. The molecule has 0 aliphatic carbocycles. The Morgan fingerprint density at radius 3 is 2.16 bits per heavy atom. The van der Waals surface area contributed by atoms with Crippen molar-refractivity contribution in [3.05, 3.63) is 24.3 Å². The van der Waals surface area contributed by atoms with Gasteiger partial charge in [0.25, 0.3) is 0 Å². The minimum absolute atomic E-state index is 0.141. The van der Waals surface area contributed by atoms with E-state index in [9.17, 15) is 24.3 Å². The van der Waals surface area contributed by atoms with E-state index >= 15 is 0 Å². The third-order valence-electron chi connectivity index (χ3n) is 3.85. The van der Waals surface area contributed by atoms with E-state index < -0.39 is 29.8 Å². The fourth-order valence-corrected chi connectivity index (χ4v) is 2.53. The summed E-state index contributed by atoms with van der Waals surface area (Å²) in [5, 5.41) is 16.8. The number of ether oxygens (including phenoxy) is 2. The summed E-state index contributed by atoms with van der Waals surface area (Å²) in [6.07, 6.45) is -0.286. The van der Waals surface area contributed by atoms with Crippen LogP contribution in [-0.2, 0) is 19.1 Å². The van der Waals surface area contributed by atoms with Gasteiger partial charge in [-0.15, -0.1) is 0 Å². The monoisotopic (exact) mass is 437 g/mol. The van der Waals surface area contributed by atoms with Gasteiger partial charge in [0.05, 0.1) is 18.0 Å². The number of para-hydroxylation sites is 2. The van der Waals surface area contributed by atoms with E-state index in [2.05, 4.69) is 20.7 Å². The van der Waals surface area contributed by atoms with Gasteiger partial charge in [-0.2, -0.15) is 0 Å². The van der Waals surface area contributed by atoms with Crippen LogP contribution in [0.3, 0.4) is 0 Å². The van der Waals surface area contributed by atoms with Crippen LogP contribution >= 0.6 is 0 Å². The molecule has 0 heterocycles. The van der Waals surface area contributed by atoms with Crippen molar-refractivity contribution in [1.82, 2.24) is 5.32 Å². The van der Waals surface area contributed by atoms with Gasteiger partial charge in [-0.1, -0.05) is 18.6 Å². The largest absolute Gasteiger partial charge is 0.480 e. The number of rotatable bonds is 10. The van der Waals surface area contributed by atoms with Crippen LogP contribution in [0.4, 0.5) is 21.0 Å². The number of aliphatic carboxylic acids is 1. The molecule has 1 aromatic rings. The van der Waals surface area contributed by atoms with Crippen molar-refractivity contribution in [1.29, 1.82) is 0 Å². The molecular formula is C21H31N3O7. The molecule has 0 fully saturated rings. The molecule has 0 spiro atoms. The summed E-state index contributed by atoms with van der Waals surface area (Å²) in [4.78, 5) is 46.9. The fraction of sp³-hybridized carbons (Fsp3) is 0.524. The van der Waals surface area contributed by atoms with Gasteiger partial charge in [0.1, 0.15) is 11.6 Å². The van der Waals surface area contributed by atoms with Crippen LogP contribution in [0.25, 0.3) is 0 Å². The van der Waals surface area contributed by atoms with Crippen molar-refractivity contribution >= 4 is 35.4 Å². The lowest BCUT2D eigenvalue weighted by atomic mass is 10.1. The normalized spacial score (nSPS) is 11.7. The molecule has 0 saturated carbocycles. The Morgan fingerprint density at radius 2 is 1.61 bits per heavy atom. The van der Waals surface area contributed by atoms with Crippen molar-refractivity contribution in [2.75, 3.05) is 17.2 Å². The molecule has 1 aromatic carbocycles. The molecule has 0 unspecified atom stereocenters. The quantitative estimate of drug-likeness (QED) is 0.408. The number of carboxylic acid groups (broad SMARTS) is 1. The molecule has 0 aliphatic rings. The lowest BCUT2D eigenvalue weighted by molar-refractivity contribution is -0.139. The number of nitrogens with one attached hydrogen (secondary N) is 3. The number of hydrogen-bond acceptors (Lipinski definition) is 6. The summed E-state index contributed by atoms with van der Waals surface area (Å²) in [5.41, 5.74) is 0.165. The molecule has 0 radical (unpaired) electrons. The van der Waals surface area contributed by atoms with Crippen LogP contribution < -0.4 is 16.0 Å². The standard InChI is InChI=1S/C21H31N3O7/c1-5-30-19(28)24-16(18(26)27)12-8-9-13-17(25)22-14-10-6-7-11-15(14)23-20(29)31-21(2,3)4/h6-7,10-11,16H,5,8-9,12-13H2,1-4H3,(H,22,25)(H,23,29)(H,24,28)(H,26,27)/t16-/m1/s1. The van der Waals surface area contributed by atoms with E-state index in [-0.39, 0.29) is 25.4 Å². The minimum Gasteiger partial charge on any atom is -0.480 e. The third-order valence-corrected chi connectivity index (χ3v) is 3.85. The zero-order valence-electron chi connectivity index (χ0n) is 18.3. The molecule has 31 heavy (non-hydrogen) atoms. The van der Waals surface area contributed by atoms with Crippen LogP contribution in [0.5, 0.6) is 0 Å². The average Bonchev–Trinajstić information content (AvgIpc) is 2.64. The van der Waals surface area contributed by atoms with Crippen LogP contribution in [-0.4, -0.2) is 47.4 Å². The fourth-order valence-electron chi connectivity index (χ4n) is 2.53. The van der Waals surface area contributed by atoms with E-state index in [1.54, 1.807) is 52.0 Å². The van der Waals surface area contributed by atoms with Gasteiger partial charge >= 0.3 is 18.2 Å². The molecule has 172 valence electrons. The van der Waals surface area contributed by atoms with Crippen LogP contribution in [0, 0.1) is 0 Å². The molecule has 0 aromatic heterocycles. The summed E-state index contributed by atoms with van der Waals surface area (Å²) in [7, 11) is 0. The Labute approximate surface area is 181 Å². The first-order chi connectivity index (χ1) is 14.5. The number of carbonyl (C=O) groups is 4. The van der Waals surface area contributed by atoms with Crippen LogP contribution in [0.15, 0.2) is 24.3 Å². The maximum Gasteiger partial charge on any atom is 0.412 e. The first-order valence-corrected chi connectivity index (χ1v) is 10.1. The van der Waals surface area contributed by atoms with Gasteiger partial charge in [-0.3, -0.25) is 10.1 Å². The topological polar surface area (TPSA) is 143 Å². The molecule has 4 N–H and O–H groups in total. The SMILES string of the molecule is CCOC(=O)N[C@H](CCCCC(=O)Nc1ccccc1NC(=O)OC(C)(C)C)C(=O)O. The Hall–Kier alpha value is -3.30. The summed E-state index contributed by atoms with van der Waals surface area (Å²) >= 11 is 0. The summed E-state index contributed by atoms with van der Waals surface area (Å²) < 4.78 is 9.90. The highest BCUT2D eigenvalue weighted by atomic mass is 16.6. The molecule has 10 heteroatoms. The number of benzene rings is 1. The van der Waals surface area contributed by atoms with E-state index in [4.69, 9.17) is 4.74 Å². The highest BCUT2D eigenvalue weighted by Gasteiger charge is 2.20. The number of unbranched alkanes of at least 4 members (excludes halogenated alkanes) is 1. The summed E-state index contributed by atoms with van der Waals surface area (Å²) in [6, 6.07) is 5.63. The molecule has 1 rings (SSSR count). The first-order valence-electron chi connectivity index (χ1n) is 10.1. The molecule has 3 amide bonds. The molecular weight excluding hydrogens is 406 g/mol. The maximum absolute atomic E-state index is 12.3. The number of hydrogen-bond donors (Lipinski definition) is 4. The van der Waals surface area contributed by atoms with Crippen LogP contribution in [0.2, 0.25) is 0 Å². The Morgan fingerprint density at radius 1 is 1.00 bits per heavy atom. The van der Waals surface area contributed by atoms with Gasteiger partial charge in [0.15, 0.2) is 0 Å². The van der Waals surface area contributed by atoms with E-state index in [0.29, 0.717) is 24.2 Å².